The van der Waals surface area contributed by atoms with Crippen LogP contribution in [0.5, 0.6) is 0 Å². The lowest BCUT2D eigenvalue weighted by Gasteiger charge is -2.25. The van der Waals surface area contributed by atoms with Gasteiger partial charge in [-0.1, -0.05) is 19.9 Å². The van der Waals surface area contributed by atoms with E-state index in [1.54, 1.807) is 13.8 Å². The molecule has 1 rings (SSSR count). The Morgan fingerprint density at radius 3 is 2.16 bits per heavy atom. The van der Waals surface area contributed by atoms with Crippen molar-refractivity contribution in [2.75, 3.05) is 0 Å². The molecule has 19 heavy (non-hydrogen) atoms. The highest BCUT2D eigenvalue weighted by molar-refractivity contribution is 5.85. The normalized spacial score (nSPS) is 15.0. The zero-order valence-electron chi connectivity index (χ0n) is 10.4. The summed E-state index contributed by atoms with van der Waals surface area (Å²) in [6, 6.07) is 1.21. The Kier molecular flexibility index (Phi) is 6.25. The third-order valence-electron chi connectivity index (χ3n) is 2.74. The van der Waals surface area contributed by atoms with Crippen LogP contribution < -0.4 is 5.73 Å². The van der Waals surface area contributed by atoms with Crippen molar-refractivity contribution >= 4 is 12.4 Å². The second-order valence-corrected chi connectivity index (χ2v) is 4.46. The molecule has 0 saturated heterocycles. The molecule has 1 aromatic rings. The molecule has 1 aromatic carbocycles. The molecule has 0 aliphatic heterocycles. The van der Waals surface area contributed by atoms with Crippen LogP contribution in [0.15, 0.2) is 18.2 Å². The van der Waals surface area contributed by atoms with Gasteiger partial charge in [-0.05, 0) is 18.1 Å². The molecule has 0 radical (unpaired) electrons. The van der Waals surface area contributed by atoms with Crippen LogP contribution in [0.4, 0.5) is 17.6 Å². The SMILES string of the molecule is CC(C)[C@@H](O)[C@@H](N)c1c(F)cccc1C(F)(F)F.Cl. The minimum atomic E-state index is -4.70. The monoisotopic (exact) mass is 301 g/mol. The molecule has 2 nitrogen and oxygen atoms in total. The maximum absolute atomic E-state index is 13.6. The van der Waals surface area contributed by atoms with Gasteiger partial charge >= 0.3 is 6.18 Å². The second-order valence-electron chi connectivity index (χ2n) is 4.46. The molecular formula is C12H16ClF4NO. The molecule has 0 fully saturated rings. The lowest BCUT2D eigenvalue weighted by atomic mass is 9.91. The number of alkyl halides is 3. The summed E-state index contributed by atoms with van der Waals surface area (Å²) in [5.41, 5.74) is 3.72. The van der Waals surface area contributed by atoms with Gasteiger partial charge in [-0.2, -0.15) is 13.2 Å². The van der Waals surface area contributed by atoms with E-state index < -0.39 is 35.3 Å². The lowest BCUT2D eigenvalue weighted by molar-refractivity contribution is -0.139. The van der Waals surface area contributed by atoms with Gasteiger partial charge in [0.1, 0.15) is 5.82 Å². The topological polar surface area (TPSA) is 46.2 Å². The summed E-state index contributed by atoms with van der Waals surface area (Å²) < 4.78 is 51.8. The van der Waals surface area contributed by atoms with Crippen molar-refractivity contribution < 1.29 is 22.7 Å². The molecule has 0 spiro atoms. The van der Waals surface area contributed by atoms with Crippen LogP contribution >= 0.6 is 12.4 Å². The predicted molar refractivity (Wildman–Crippen MR) is 66.4 cm³/mol. The third kappa shape index (κ3) is 4.06. The average Bonchev–Trinajstić information content (AvgIpc) is 2.25. The third-order valence-corrected chi connectivity index (χ3v) is 2.74. The summed E-state index contributed by atoms with van der Waals surface area (Å²) in [5.74, 6) is -1.43. The first-order valence-corrected chi connectivity index (χ1v) is 5.45. The molecule has 2 atom stereocenters. The van der Waals surface area contributed by atoms with Gasteiger partial charge in [0.25, 0.3) is 0 Å². The predicted octanol–water partition coefficient (Wildman–Crippen LogP) is 3.28. The highest BCUT2D eigenvalue weighted by Crippen LogP contribution is 2.36. The summed E-state index contributed by atoms with van der Waals surface area (Å²) in [5, 5.41) is 9.70. The molecule has 0 amide bonds. The van der Waals surface area contributed by atoms with E-state index in [1.807, 2.05) is 0 Å². The molecule has 0 unspecified atom stereocenters. The Morgan fingerprint density at radius 1 is 1.21 bits per heavy atom. The van der Waals surface area contributed by atoms with Crippen LogP contribution in [0.2, 0.25) is 0 Å². The maximum atomic E-state index is 13.6. The van der Waals surface area contributed by atoms with Crippen molar-refractivity contribution in [3.63, 3.8) is 0 Å². The first-order chi connectivity index (χ1) is 8.16. The van der Waals surface area contributed by atoms with Crippen LogP contribution in [0, 0.1) is 11.7 Å². The molecule has 0 bridgehead atoms. The summed E-state index contributed by atoms with van der Waals surface area (Å²) in [6.45, 7) is 3.19. The van der Waals surface area contributed by atoms with E-state index in [2.05, 4.69) is 0 Å². The van der Waals surface area contributed by atoms with E-state index in [9.17, 15) is 22.7 Å². The van der Waals surface area contributed by atoms with Crippen molar-refractivity contribution in [1.82, 2.24) is 0 Å². The molecule has 0 heterocycles. The smallest absolute Gasteiger partial charge is 0.391 e. The van der Waals surface area contributed by atoms with Crippen molar-refractivity contribution in [3.05, 3.63) is 35.1 Å². The number of aliphatic hydroxyl groups is 1. The number of rotatable bonds is 3. The fraction of sp³-hybridized carbons (Fsp3) is 0.500. The zero-order valence-corrected chi connectivity index (χ0v) is 11.2. The Bertz CT molecular complexity index is 423. The lowest BCUT2D eigenvalue weighted by Crippen LogP contribution is -2.33. The quantitative estimate of drug-likeness (QED) is 0.842. The highest BCUT2D eigenvalue weighted by Gasteiger charge is 2.37. The van der Waals surface area contributed by atoms with Crippen LogP contribution in [0.1, 0.15) is 31.0 Å². The fourth-order valence-corrected chi connectivity index (χ4v) is 1.71. The molecular weight excluding hydrogens is 286 g/mol. The van der Waals surface area contributed by atoms with E-state index in [0.717, 1.165) is 18.2 Å². The summed E-state index contributed by atoms with van der Waals surface area (Å²) in [4.78, 5) is 0. The summed E-state index contributed by atoms with van der Waals surface area (Å²) in [6.07, 6.45) is -5.95. The van der Waals surface area contributed by atoms with E-state index >= 15 is 0 Å². The molecule has 0 aromatic heterocycles. The number of hydrogen-bond donors (Lipinski definition) is 2. The van der Waals surface area contributed by atoms with Crippen LogP contribution in [-0.4, -0.2) is 11.2 Å². The Morgan fingerprint density at radius 2 is 1.74 bits per heavy atom. The van der Waals surface area contributed by atoms with E-state index in [-0.39, 0.29) is 18.3 Å². The average molecular weight is 302 g/mol. The molecule has 3 N–H and O–H groups in total. The van der Waals surface area contributed by atoms with Gasteiger partial charge in [-0.3, -0.25) is 0 Å². The largest absolute Gasteiger partial charge is 0.416 e. The summed E-state index contributed by atoms with van der Waals surface area (Å²) in [7, 11) is 0. The van der Waals surface area contributed by atoms with Gasteiger partial charge in [0.2, 0.25) is 0 Å². The number of benzene rings is 1. The van der Waals surface area contributed by atoms with Gasteiger partial charge in [0.05, 0.1) is 17.7 Å². The molecule has 0 aliphatic carbocycles. The van der Waals surface area contributed by atoms with E-state index in [4.69, 9.17) is 5.73 Å². The van der Waals surface area contributed by atoms with Crippen molar-refractivity contribution in [2.45, 2.75) is 32.2 Å². The fourth-order valence-electron chi connectivity index (χ4n) is 1.71. The van der Waals surface area contributed by atoms with Crippen LogP contribution in [-0.2, 0) is 6.18 Å². The van der Waals surface area contributed by atoms with Gasteiger partial charge in [-0.15, -0.1) is 12.4 Å². The minimum Gasteiger partial charge on any atom is -0.391 e. The molecule has 0 aliphatic rings. The maximum Gasteiger partial charge on any atom is 0.416 e. The number of nitrogens with two attached hydrogens (primary N) is 1. The zero-order chi connectivity index (χ0) is 14.1. The summed E-state index contributed by atoms with van der Waals surface area (Å²) >= 11 is 0. The molecule has 0 saturated carbocycles. The van der Waals surface area contributed by atoms with Gasteiger partial charge in [0.15, 0.2) is 0 Å². The second kappa shape index (κ2) is 6.54. The van der Waals surface area contributed by atoms with E-state index in [1.165, 1.54) is 0 Å². The molecule has 7 heteroatoms. The standard InChI is InChI=1S/C12H15F4NO.ClH/c1-6(2)11(18)10(17)9-7(12(14,15)16)4-3-5-8(9)13;/h3-6,10-11,18H,17H2,1-2H3;1H/t10-,11+;/m0./s1. The Labute approximate surface area is 115 Å². The highest BCUT2D eigenvalue weighted by atomic mass is 35.5. The minimum absolute atomic E-state index is 0. The van der Waals surface area contributed by atoms with Crippen molar-refractivity contribution in [2.24, 2.45) is 11.7 Å². The Balaban J connectivity index is 0.00000324. The van der Waals surface area contributed by atoms with Gasteiger partial charge < -0.3 is 10.8 Å². The van der Waals surface area contributed by atoms with Crippen molar-refractivity contribution in [1.29, 1.82) is 0 Å². The molecule has 110 valence electrons. The first-order valence-electron chi connectivity index (χ1n) is 5.45. The Hall–Kier alpha value is -0.850. The van der Waals surface area contributed by atoms with Crippen LogP contribution in [0.25, 0.3) is 0 Å². The van der Waals surface area contributed by atoms with Crippen LogP contribution in [0.3, 0.4) is 0 Å². The van der Waals surface area contributed by atoms with Gasteiger partial charge in [-0.25, -0.2) is 4.39 Å². The number of hydrogen-bond acceptors (Lipinski definition) is 2. The van der Waals surface area contributed by atoms with Crippen molar-refractivity contribution in [3.8, 4) is 0 Å². The van der Waals surface area contributed by atoms with Gasteiger partial charge in [0, 0.05) is 5.56 Å². The first kappa shape index (κ1) is 18.1. The number of aliphatic hydroxyl groups excluding tert-OH is 1. The van der Waals surface area contributed by atoms with E-state index in [0.29, 0.717) is 0 Å². The number of halogens is 5.